The van der Waals surface area contributed by atoms with Gasteiger partial charge in [0.1, 0.15) is 5.01 Å². The standard InChI is InChI=1S/C11H11ClN2O3S2/c12-10-5-9(2-1-8(10)7-15)19(16,17)14-6-11-13-3-4-18-11/h1-5,14-15H,6-7H2. The third kappa shape index (κ3) is 3.52. The third-order valence-electron chi connectivity index (χ3n) is 2.40. The summed E-state index contributed by atoms with van der Waals surface area (Å²) in [6.45, 7) is -0.0922. The fourth-order valence-electron chi connectivity index (χ4n) is 1.40. The lowest BCUT2D eigenvalue weighted by molar-refractivity contribution is 0.282. The molecule has 19 heavy (non-hydrogen) atoms. The predicted molar refractivity (Wildman–Crippen MR) is 73.5 cm³/mol. The van der Waals surface area contributed by atoms with Gasteiger partial charge >= 0.3 is 0 Å². The number of halogens is 1. The van der Waals surface area contributed by atoms with E-state index in [9.17, 15) is 8.42 Å². The van der Waals surface area contributed by atoms with Crippen LogP contribution in [0, 0.1) is 0 Å². The number of aliphatic hydroxyl groups is 1. The second-order valence-electron chi connectivity index (χ2n) is 3.66. The molecular weight excluding hydrogens is 308 g/mol. The molecule has 0 aliphatic carbocycles. The second kappa shape index (κ2) is 5.98. The maximum atomic E-state index is 12.0. The highest BCUT2D eigenvalue weighted by Gasteiger charge is 2.15. The molecule has 8 heteroatoms. The van der Waals surface area contributed by atoms with Gasteiger partial charge in [0.15, 0.2) is 0 Å². The average Bonchev–Trinajstić information content (AvgIpc) is 2.89. The van der Waals surface area contributed by atoms with E-state index in [1.54, 1.807) is 11.6 Å². The van der Waals surface area contributed by atoms with Crippen molar-refractivity contribution in [3.05, 3.63) is 45.4 Å². The number of aliphatic hydroxyl groups excluding tert-OH is 1. The lowest BCUT2D eigenvalue weighted by Gasteiger charge is -2.07. The maximum Gasteiger partial charge on any atom is 0.241 e. The summed E-state index contributed by atoms with van der Waals surface area (Å²) < 4.78 is 26.5. The Bertz CT molecular complexity index is 657. The molecule has 2 rings (SSSR count). The smallest absolute Gasteiger partial charge is 0.241 e. The van der Waals surface area contributed by atoms with E-state index in [0.717, 1.165) is 0 Å². The van der Waals surface area contributed by atoms with Crippen molar-refractivity contribution in [1.82, 2.24) is 9.71 Å². The van der Waals surface area contributed by atoms with Crippen LogP contribution >= 0.6 is 22.9 Å². The van der Waals surface area contributed by atoms with E-state index in [0.29, 0.717) is 10.6 Å². The van der Waals surface area contributed by atoms with Crippen molar-refractivity contribution in [3.8, 4) is 0 Å². The van der Waals surface area contributed by atoms with Gasteiger partial charge in [-0.3, -0.25) is 0 Å². The maximum absolute atomic E-state index is 12.0. The first-order valence-corrected chi connectivity index (χ1v) is 8.04. The fourth-order valence-corrected chi connectivity index (χ4v) is 3.37. The Morgan fingerprint density at radius 2 is 2.21 bits per heavy atom. The van der Waals surface area contributed by atoms with Crippen molar-refractivity contribution in [2.24, 2.45) is 0 Å². The highest BCUT2D eigenvalue weighted by Crippen LogP contribution is 2.21. The van der Waals surface area contributed by atoms with E-state index in [2.05, 4.69) is 9.71 Å². The quantitative estimate of drug-likeness (QED) is 0.880. The molecule has 0 bridgehead atoms. The van der Waals surface area contributed by atoms with Gasteiger partial charge in [-0.25, -0.2) is 18.1 Å². The van der Waals surface area contributed by atoms with Crippen molar-refractivity contribution in [2.75, 3.05) is 0 Å². The lowest BCUT2D eigenvalue weighted by Crippen LogP contribution is -2.23. The van der Waals surface area contributed by atoms with Crippen LogP contribution in [0.3, 0.4) is 0 Å². The largest absolute Gasteiger partial charge is 0.392 e. The zero-order chi connectivity index (χ0) is 13.9. The Balaban J connectivity index is 2.17. The van der Waals surface area contributed by atoms with Crippen LogP contribution in [0.25, 0.3) is 0 Å². The monoisotopic (exact) mass is 318 g/mol. The molecule has 0 atom stereocenters. The molecule has 5 nitrogen and oxygen atoms in total. The molecule has 1 heterocycles. The number of rotatable bonds is 5. The van der Waals surface area contributed by atoms with Crippen LogP contribution < -0.4 is 4.72 Å². The van der Waals surface area contributed by atoms with Crippen LogP contribution in [0.5, 0.6) is 0 Å². The first-order valence-electron chi connectivity index (χ1n) is 5.30. The van der Waals surface area contributed by atoms with E-state index in [4.69, 9.17) is 16.7 Å². The second-order valence-corrected chi connectivity index (χ2v) is 6.81. The number of nitrogens with one attached hydrogen (secondary N) is 1. The molecule has 0 aliphatic rings. The molecular formula is C11H11ClN2O3S2. The summed E-state index contributed by atoms with van der Waals surface area (Å²) in [6.07, 6.45) is 1.61. The van der Waals surface area contributed by atoms with Crippen molar-refractivity contribution >= 4 is 33.0 Å². The van der Waals surface area contributed by atoms with Crippen molar-refractivity contribution in [2.45, 2.75) is 18.0 Å². The summed E-state index contributed by atoms with van der Waals surface area (Å²) in [5.41, 5.74) is 0.487. The zero-order valence-corrected chi connectivity index (χ0v) is 12.1. The van der Waals surface area contributed by atoms with Gasteiger partial charge in [-0.1, -0.05) is 17.7 Å². The SMILES string of the molecule is O=S(=O)(NCc1nccs1)c1ccc(CO)c(Cl)c1. The fraction of sp³-hybridized carbons (Fsp3) is 0.182. The first-order chi connectivity index (χ1) is 9.03. The average molecular weight is 319 g/mol. The van der Waals surface area contributed by atoms with E-state index >= 15 is 0 Å². The Morgan fingerprint density at radius 1 is 1.42 bits per heavy atom. The topological polar surface area (TPSA) is 79.3 Å². The normalized spacial score (nSPS) is 11.7. The summed E-state index contributed by atoms with van der Waals surface area (Å²) in [6, 6.07) is 4.21. The number of hydrogen-bond acceptors (Lipinski definition) is 5. The number of sulfonamides is 1. The lowest BCUT2D eigenvalue weighted by atomic mass is 10.2. The van der Waals surface area contributed by atoms with Gasteiger partial charge < -0.3 is 5.11 Å². The van der Waals surface area contributed by atoms with E-state index < -0.39 is 10.0 Å². The van der Waals surface area contributed by atoms with Crippen molar-refractivity contribution in [1.29, 1.82) is 0 Å². The molecule has 0 unspecified atom stereocenters. The van der Waals surface area contributed by atoms with Gasteiger partial charge in [0, 0.05) is 16.6 Å². The molecule has 102 valence electrons. The predicted octanol–water partition coefficient (Wildman–Crippen LogP) is 1.77. The minimum atomic E-state index is -3.63. The van der Waals surface area contributed by atoms with Crippen LogP contribution in [-0.4, -0.2) is 18.5 Å². The summed E-state index contributed by atoms with van der Waals surface area (Å²) in [5, 5.41) is 11.7. The summed E-state index contributed by atoms with van der Waals surface area (Å²) in [5.74, 6) is 0. The van der Waals surface area contributed by atoms with Gasteiger partial charge in [-0.15, -0.1) is 11.3 Å². The molecule has 0 saturated heterocycles. The zero-order valence-electron chi connectivity index (χ0n) is 9.71. The molecule has 0 fully saturated rings. The van der Waals surface area contributed by atoms with Crippen LogP contribution in [0.1, 0.15) is 10.6 Å². The van der Waals surface area contributed by atoms with Crippen LogP contribution in [0.4, 0.5) is 0 Å². The molecule has 2 aromatic rings. The number of hydrogen-bond donors (Lipinski definition) is 2. The summed E-state index contributed by atoms with van der Waals surface area (Å²) >= 11 is 7.24. The highest BCUT2D eigenvalue weighted by atomic mass is 35.5. The third-order valence-corrected chi connectivity index (χ3v) is 4.93. The van der Waals surface area contributed by atoms with E-state index in [1.807, 2.05) is 0 Å². The molecule has 0 saturated carbocycles. The Kier molecular flexibility index (Phi) is 4.54. The van der Waals surface area contributed by atoms with Crippen molar-refractivity contribution in [3.63, 3.8) is 0 Å². The highest BCUT2D eigenvalue weighted by molar-refractivity contribution is 7.89. The number of thiazole rings is 1. The Morgan fingerprint density at radius 3 is 2.79 bits per heavy atom. The van der Waals surface area contributed by atoms with E-state index in [1.165, 1.54) is 29.5 Å². The van der Waals surface area contributed by atoms with Crippen molar-refractivity contribution < 1.29 is 13.5 Å². The molecule has 0 amide bonds. The summed E-state index contributed by atoms with van der Waals surface area (Å²) in [4.78, 5) is 4.05. The molecule has 2 N–H and O–H groups in total. The molecule has 0 radical (unpaired) electrons. The van der Waals surface area contributed by atoms with Gasteiger partial charge in [-0.2, -0.15) is 0 Å². The Hall–Kier alpha value is -0.990. The Labute approximate surface area is 119 Å². The minimum absolute atomic E-state index is 0.0613. The van der Waals surface area contributed by atoms with E-state index in [-0.39, 0.29) is 23.1 Å². The van der Waals surface area contributed by atoms with Crippen LogP contribution in [-0.2, 0) is 23.2 Å². The molecule has 0 aliphatic heterocycles. The first kappa shape index (κ1) is 14.4. The van der Waals surface area contributed by atoms with Gasteiger partial charge in [0.05, 0.1) is 18.0 Å². The number of nitrogens with zero attached hydrogens (tertiary/aromatic N) is 1. The summed E-state index contributed by atoms with van der Waals surface area (Å²) in [7, 11) is -3.63. The number of benzene rings is 1. The van der Waals surface area contributed by atoms with Gasteiger partial charge in [0.25, 0.3) is 0 Å². The van der Waals surface area contributed by atoms with Gasteiger partial charge in [-0.05, 0) is 17.7 Å². The van der Waals surface area contributed by atoms with Crippen LogP contribution in [0.2, 0.25) is 5.02 Å². The minimum Gasteiger partial charge on any atom is -0.392 e. The molecule has 1 aromatic carbocycles. The number of aromatic nitrogens is 1. The van der Waals surface area contributed by atoms with Crippen LogP contribution in [0.15, 0.2) is 34.7 Å². The molecule has 1 aromatic heterocycles. The molecule has 0 spiro atoms. The van der Waals surface area contributed by atoms with Gasteiger partial charge in [0.2, 0.25) is 10.0 Å².